The average molecular weight is 168 g/mol. The van der Waals surface area contributed by atoms with Gasteiger partial charge in [0, 0.05) is 12.5 Å². The molecule has 1 atom stereocenters. The van der Waals surface area contributed by atoms with Gasteiger partial charge >= 0.3 is 5.97 Å². The molecule has 64 valence electrons. The Morgan fingerprint density at radius 3 is 2.75 bits per heavy atom. The van der Waals surface area contributed by atoms with Crippen LogP contribution < -0.4 is 0 Å². The highest BCUT2D eigenvalue weighted by Crippen LogP contribution is 2.16. The molecule has 0 saturated carbocycles. The largest absolute Gasteiger partial charge is 0.478 e. The van der Waals surface area contributed by atoms with Crippen molar-refractivity contribution in [1.29, 1.82) is 0 Å². The molecule has 4 heteroatoms. The third kappa shape index (κ3) is 2.03. The molecule has 0 aromatic carbocycles. The first-order chi connectivity index (χ1) is 5.59. The number of hydrogen-bond donors (Lipinski definition) is 2. The summed E-state index contributed by atoms with van der Waals surface area (Å²) in [6, 6.07) is 0. The molecule has 0 radical (unpaired) electrons. The van der Waals surface area contributed by atoms with Gasteiger partial charge in [0.1, 0.15) is 0 Å². The molecule has 1 aliphatic carbocycles. The highest BCUT2D eigenvalue weighted by Gasteiger charge is 2.20. The summed E-state index contributed by atoms with van der Waals surface area (Å²) in [6.45, 7) is 0. The summed E-state index contributed by atoms with van der Waals surface area (Å²) >= 11 is 0. The number of aliphatic hydroxyl groups is 1. The summed E-state index contributed by atoms with van der Waals surface area (Å²) in [7, 11) is 0. The zero-order valence-electron chi connectivity index (χ0n) is 6.23. The van der Waals surface area contributed by atoms with Gasteiger partial charge in [-0.15, -0.1) is 0 Å². The van der Waals surface area contributed by atoms with Crippen LogP contribution in [0.3, 0.4) is 0 Å². The van der Waals surface area contributed by atoms with Gasteiger partial charge in [-0.3, -0.25) is 4.79 Å². The van der Waals surface area contributed by atoms with Crippen LogP contribution in [0.5, 0.6) is 0 Å². The molecule has 0 aromatic heterocycles. The summed E-state index contributed by atoms with van der Waals surface area (Å²) in [5.74, 6) is -1.27. The Bertz CT molecular complexity index is 275. The number of ketones is 1. The molecule has 0 fully saturated rings. The summed E-state index contributed by atoms with van der Waals surface area (Å²) in [4.78, 5) is 20.8. The number of carbonyl (C=O) groups excluding carboxylic acids is 1. The Kier molecular flexibility index (Phi) is 2.40. The number of carbonyl (C=O) groups is 2. The molecular weight excluding hydrogens is 160 g/mol. The van der Waals surface area contributed by atoms with Crippen molar-refractivity contribution in [2.75, 3.05) is 0 Å². The molecule has 1 aliphatic rings. The molecule has 0 aliphatic heterocycles. The van der Waals surface area contributed by atoms with Gasteiger partial charge in [0.2, 0.25) is 0 Å². The van der Waals surface area contributed by atoms with E-state index < -0.39 is 12.1 Å². The zero-order valence-corrected chi connectivity index (χ0v) is 6.23. The number of aliphatic carboxylic acids is 1. The Labute approximate surface area is 68.8 Å². The number of rotatable bonds is 2. The Hall–Kier alpha value is -1.42. The maximum Gasteiger partial charge on any atom is 0.328 e. The average Bonchev–Trinajstić information content (AvgIpc) is 2.26. The third-order valence-corrected chi connectivity index (χ3v) is 1.53. The number of hydrogen-bond acceptors (Lipinski definition) is 3. The van der Waals surface area contributed by atoms with Crippen molar-refractivity contribution in [3.05, 3.63) is 23.8 Å². The fourth-order valence-corrected chi connectivity index (χ4v) is 0.976. The summed E-state index contributed by atoms with van der Waals surface area (Å²) in [5.41, 5.74) is 0.363. The molecule has 1 rings (SSSR count). The van der Waals surface area contributed by atoms with E-state index in [9.17, 15) is 9.59 Å². The third-order valence-electron chi connectivity index (χ3n) is 1.53. The van der Waals surface area contributed by atoms with E-state index in [1.54, 1.807) is 0 Å². The molecule has 0 amide bonds. The van der Waals surface area contributed by atoms with Gasteiger partial charge in [0.25, 0.3) is 0 Å². The minimum atomic E-state index is -1.09. The monoisotopic (exact) mass is 168 g/mol. The fraction of sp³-hybridized carbons (Fsp3) is 0.250. The molecule has 0 saturated heterocycles. The number of carboxylic acids is 1. The van der Waals surface area contributed by atoms with Crippen LogP contribution in [-0.4, -0.2) is 28.1 Å². The molecule has 12 heavy (non-hydrogen) atoms. The van der Waals surface area contributed by atoms with Crippen LogP contribution in [0.1, 0.15) is 6.42 Å². The maximum absolute atomic E-state index is 10.7. The molecule has 0 heterocycles. The first-order valence-electron chi connectivity index (χ1n) is 3.43. The molecule has 1 unspecified atom stereocenters. The van der Waals surface area contributed by atoms with Crippen molar-refractivity contribution < 1.29 is 19.8 Å². The lowest BCUT2D eigenvalue weighted by Crippen LogP contribution is -2.04. The van der Waals surface area contributed by atoms with E-state index in [-0.39, 0.29) is 12.2 Å². The van der Waals surface area contributed by atoms with Crippen molar-refractivity contribution in [2.45, 2.75) is 12.5 Å². The van der Waals surface area contributed by atoms with Crippen LogP contribution in [-0.2, 0) is 9.59 Å². The second-order valence-electron chi connectivity index (χ2n) is 2.50. The van der Waals surface area contributed by atoms with Crippen LogP contribution in [0.15, 0.2) is 23.8 Å². The van der Waals surface area contributed by atoms with Crippen LogP contribution in [0.4, 0.5) is 0 Å². The SMILES string of the molecule is O=C(O)C=CC1=CC(=O)CC1O. The van der Waals surface area contributed by atoms with Crippen LogP contribution in [0, 0.1) is 0 Å². The second kappa shape index (κ2) is 3.32. The normalized spacial score (nSPS) is 23.2. The van der Waals surface area contributed by atoms with Gasteiger partial charge in [-0.2, -0.15) is 0 Å². The lowest BCUT2D eigenvalue weighted by molar-refractivity contribution is -0.131. The Morgan fingerprint density at radius 2 is 2.33 bits per heavy atom. The first kappa shape index (κ1) is 8.67. The van der Waals surface area contributed by atoms with Gasteiger partial charge in [0.15, 0.2) is 5.78 Å². The minimum Gasteiger partial charge on any atom is -0.478 e. The zero-order chi connectivity index (χ0) is 9.14. The van der Waals surface area contributed by atoms with Crippen LogP contribution in [0.25, 0.3) is 0 Å². The highest BCUT2D eigenvalue weighted by atomic mass is 16.4. The van der Waals surface area contributed by atoms with E-state index in [0.29, 0.717) is 5.57 Å². The standard InChI is InChI=1S/C8H8O4/c9-6-3-5(7(10)4-6)1-2-8(11)12/h1-3,7,10H,4H2,(H,11,12). The van der Waals surface area contributed by atoms with E-state index in [1.165, 1.54) is 12.2 Å². The first-order valence-corrected chi connectivity index (χ1v) is 3.43. The predicted octanol–water partition coefficient (Wildman–Crippen LogP) is -0.113. The summed E-state index contributed by atoms with van der Waals surface area (Å²) in [5, 5.41) is 17.4. The Balaban J connectivity index is 2.70. The van der Waals surface area contributed by atoms with Crippen molar-refractivity contribution in [3.63, 3.8) is 0 Å². The number of allylic oxidation sites excluding steroid dienone is 1. The molecule has 4 nitrogen and oxygen atoms in total. The smallest absolute Gasteiger partial charge is 0.328 e. The second-order valence-corrected chi connectivity index (χ2v) is 2.50. The van der Waals surface area contributed by atoms with Gasteiger partial charge < -0.3 is 10.2 Å². The quantitative estimate of drug-likeness (QED) is 0.564. The van der Waals surface area contributed by atoms with Crippen molar-refractivity contribution in [2.24, 2.45) is 0 Å². The molecule has 0 aromatic rings. The predicted molar refractivity (Wildman–Crippen MR) is 40.5 cm³/mol. The summed E-state index contributed by atoms with van der Waals surface area (Å²) in [6.07, 6.45) is 2.60. The van der Waals surface area contributed by atoms with Gasteiger partial charge in [-0.25, -0.2) is 4.79 Å². The fourth-order valence-electron chi connectivity index (χ4n) is 0.976. The topological polar surface area (TPSA) is 74.6 Å². The molecular formula is C8H8O4. The molecule has 0 spiro atoms. The molecule has 0 bridgehead atoms. The van der Waals surface area contributed by atoms with Crippen molar-refractivity contribution in [1.82, 2.24) is 0 Å². The van der Waals surface area contributed by atoms with Crippen LogP contribution >= 0.6 is 0 Å². The van der Waals surface area contributed by atoms with E-state index in [2.05, 4.69) is 0 Å². The van der Waals surface area contributed by atoms with Gasteiger partial charge in [0.05, 0.1) is 6.10 Å². The number of aliphatic hydroxyl groups excluding tert-OH is 1. The Morgan fingerprint density at radius 1 is 1.67 bits per heavy atom. The van der Waals surface area contributed by atoms with E-state index in [0.717, 1.165) is 6.08 Å². The van der Waals surface area contributed by atoms with E-state index in [4.69, 9.17) is 10.2 Å². The lowest BCUT2D eigenvalue weighted by Gasteiger charge is -1.99. The van der Waals surface area contributed by atoms with Crippen molar-refractivity contribution in [3.8, 4) is 0 Å². The van der Waals surface area contributed by atoms with Gasteiger partial charge in [-0.1, -0.05) is 0 Å². The van der Waals surface area contributed by atoms with Gasteiger partial charge in [-0.05, 0) is 17.7 Å². The maximum atomic E-state index is 10.7. The van der Waals surface area contributed by atoms with E-state index in [1.807, 2.05) is 0 Å². The lowest BCUT2D eigenvalue weighted by atomic mass is 10.2. The van der Waals surface area contributed by atoms with E-state index >= 15 is 0 Å². The molecule has 2 N–H and O–H groups in total. The highest BCUT2D eigenvalue weighted by molar-refractivity contribution is 5.95. The summed E-state index contributed by atoms with van der Waals surface area (Å²) < 4.78 is 0. The van der Waals surface area contributed by atoms with Crippen LogP contribution in [0.2, 0.25) is 0 Å². The minimum absolute atomic E-state index is 0.0549. The van der Waals surface area contributed by atoms with Crippen molar-refractivity contribution >= 4 is 11.8 Å². The number of carboxylic acid groups (broad SMARTS) is 1.